The molecule has 1 aliphatic heterocycles. The van der Waals surface area contributed by atoms with Crippen molar-refractivity contribution in [1.82, 2.24) is 4.90 Å². The Labute approximate surface area is 121 Å². The van der Waals surface area contributed by atoms with Gasteiger partial charge >= 0.3 is 6.09 Å². The maximum absolute atomic E-state index is 12.1. The molecule has 0 aromatic carbocycles. The molecule has 6 nitrogen and oxygen atoms in total. The van der Waals surface area contributed by atoms with E-state index in [0.717, 1.165) is 12.8 Å². The molecule has 1 amide bonds. The first-order valence-electron chi connectivity index (χ1n) is 7.27. The van der Waals surface area contributed by atoms with Gasteiger partial charge in [-0.15, -0.1) is 0 Å². The van der Waals surface area contributed by atoms with Crippen LogP contribution in [0.25, 0.3) is 0 Å². The average molecular weight is 287 g/mol. The summed E-state index contributed by atoms with van der Waals surface area (Å²) in [5.41, 5.74) is 10.6. The smallest absolute Gasteiger partial charge is 0.410 e. The number of carbonyl (C=O) groups excluding carboxylic acids is 1. The molecule has 1 heterocycles. The van der Waals surface area contributed by atoms with Crippen LogP contribution >= 0.6 is 0 Å². The minimum absolute atomic E-state index is 0.216. The minimum Gasteiger partial charge on any atom is -0.444 e. The molecular formula is C14H29N3O3. The fourth-order valence-corrected chi connectivity index (χ4v) is 2.69. The zero-order valence-electron chi connectivity index (χ0n) is 12.9. The van der Waals surface area contributed by atoms with E-state index >= 15 is 0 Å². The second-order valence-electron chi connectivity index (χ2n) is 6.80. The van der Waals surface area contributed by atoms with Gasteiger partial charge < -0.3 is 26.2 Å². The molecule has 0 aromatic heterocycles. The highest BCUT2D eigenvalue weighted by molar-refractivity contribution is 5.68. The molecule has 0 bridgehead atoms. The number of aliphatic hydroxyl groups excluding tert-OH is 1. The number of nitrogens with two attached hydrogens (primary N) is 2. The summed E-state index contributed by atoms with van der Waals surface area (Å²) in [6, 6.07) is 0. The van der Waals surface area contributed by atoms with Crippen molar-refractivity contribution in [2.75, 3.05) is 26.2 Å². The van der Waals surface area contributed by atoms with Gasteiger partial charge in [0.25, 0.3) is 0 Å². The van der Waals surface area contributed by atoms with Gasteiger partial charge in [-0.1, -0.05) is 0 Å². The van der Waals surface area contributed by atoms with E-state index in [0.29, 0.717) is 26.1 Å². The van der Waals surface area contributed by atoms with Crippen LogP contribution in [0.5, 0.6) is 0 Å². The topological polar surface area (TPSA) is 102 Å². The van der Waals surface area contributed by atoms with Gasteiger partial charge in [0, 0.05) is 25.0 Å². The molecule has 0 saturated carbocycles. The second kappa shape index (κ2) is 6.74. The van der Waals surface area contributed by atoms with Crippen molar-refractivity contribution in [3.63, 3.8) is 0 Å². The molecule has 1 fully saturated rings. The molecule has 1 rings (SSSR count). The van der Waals surface area contributed by atoms with E-state index in [2.05, 4.69) is 0 Å². The maximum Gasteiger partial charge on any atom is 0.410 e. The fourth-order valence-electron chi connectivity index (χ4n) is 2.69. The molecule has 5 N–H and O–H groups in total. The van der Waals surface area contributed by atoms with Gasteiger partial charge in [-0.2, -0.15) is 0 Å². The van der Waals surface area contributed by atoms with E-state index < -0.39 is 11.7 Å². The number of likely N-dealkylation sites (tertiary alicyclic amines) is 1. The van der Waals surface area contributed by atoms with Crippen molar-refractivity contribution in [1.29, 1.82) is 0 Å². The third-order valence-corrected chi connectivity index (χ3v) is 3.69. The van der Waals surface area contributed by atoms with Crippen LogP contribution in [0, 0.1) is 5.41 Å². The molecule has 0 aliphatic carbocycles. The highest BCUT2D eigenvalue weighted by Gasteiger charge is 2.38. The Kier molecular flexibility index (Phi) is 5.79. The Morgan fingerprint density at radius 3 is 2.60 bits per heavy atom. The summed E-state index contributed by atoms with van der Waals surface area (Å²) in [6.07, 6.45) is 1.42. The number of aliphatic hydroxyl groups is 1. The third-order valence-electron chi connectivity index (χ3n) is 3.69. The quantitative estimate of drug-likeness (QED) is 0.705. The predicted molar refractivity (Wildman–Crippen MR) is 78.2 cm³/mol. The molecule has 6 heteroatoms. The van der Waals surface area contributed by atoms with Crippen LogP contribution in [0.15, 0.2) is 0 Å². The lowest BCUT2D eigenvalue weighted by Gasteiger charge is -2.43. The number of rotatable bonds is 4. The standard InChI is InChI=1S/C14H29N3O3/c1-13(2,3)20-12(19)17-6-4-5-14(9-16,10-17)7-11(18)8-15/h11,18H,4-10,15-16H2,1-3H3/t11-,14-/m1/s1. The summed E-state index contributed by atoms with van der Waals surface area (Å²) in [6.45, 7) is 7.40. The lowest BCUT2D eigenvalue weighted by molar-refractivity contribution is -0.00484. The van der Waals surface area contributed by atoms with Gasteiger partial charge in [-0.3, -0.25) is 0 Å². The van der Waals surface area contributed by atoms with Gasteiger partial charge in [0.15, 0.2) is 0 Å². The van der Waals surface area contributed by atoms with Crippen molar-refractivity contribution in [2.45, 2.75) is 51.7 Å². The Morgan fingerprint density at radius 2 is 2.10 bits per heavy atom. The van der Waals surface area contributed by atoms with Crippen molar-refractivity contribution in [2.24, 2.45) is 16.9 Å². The van der Waals surface area contributed by atoms with Crippen LogP contribution in [0.4, 0.5) is 4.79 Å². The van der Waals surface area contributed by atoms with Gasteiger partial charge in [0.2, 0.25) is 0 Å². The van der Waals surface area contributed by atoms with Crippen LogP contribution in [0.1, 0.15) is 40.0 Å². The van der Waals surface area contributed by atoms with Gasteiger partial charge in [0.1, 0.15) is 5.60 Å². The van der Waals surface area contributed by atoms with Crippen molar-refractivity contribution < 1.29 is 14.6 Å². The maximum atomic E-state index is 12.1. The molecular weight excluding hydrogens is 258 g/mol. The van der Waals surface area contributed by atoms with Crippen LogP contribution in [0.3, 0.4) is 0 Å². The number of carbonyl (C=O) groups is 1. The van der Waals surface area contributed by atoms with E-state index in [1.807, 2.05) is 20.8 Å². The SMILES string of the molecule is CC(C)(C)OC(=O)N1CCC[C@](CN)(C[C@@H](O)CN)C1. The summed E-state index contributed by atoms with van der Waals surface area (Å²) in [5.74, 6) is 0. The lowest BCUT2D eigenvalue weighted by atomic mass is 9.75. The van der Waals surface area contributed by atoms with Gasteiger partial charge in [0.05, 0.1) is 6.10 Å². The van der Waals surface area contributed by atoms with Crippen LogP contribution in [0.2, 0.25) is 0 Å². The Morgan fingerprint density at radius 1 is 1.45 bits per heavy atom. The molecule has 1 saturated heterocycles. The summed E-state index contributed by atoms with van der Waals surface area (Å²) < 4.78 is 5.41. The summed E-state index contributed by atoms with van der Waals surface area (Å²) in [4.78, 5) is 13.8. The highest BCUT2D eigenvalue weighted by atomic mass is 16.6. The van der Waals surface area contributed by atoms with E-state index in [9.17, 15) is 9.90 Å². The second-order valence-corrected chi connectivity index (χ2v) is 6.80. The number of piperidine rings is 1. The number of hydrogen-bond donors (Lipinski definition) is 3. The number of hydrogen-bond acceptors (Lipinski definition) is 5. The number of nitrogens with zero attached hydrogens (tertiary/aromatic N) is 1. The van der Waals surface area contributed by atoms with Crippen molar-refractivity contribution in [3.05, 3.63) is 0 Å². The Balaban J connectivity index is 2.70. The van der Waals surface area contributed by atoms with Crippen LogP contribution in [-0.2, 0) is 4.74 Å². The lowest BCUT2D eigenvalue weighted by Crippen LogP contribution is -2.52. The van der Waals surface area contributed by atoms with Gasteiger partial charge in [-0.25, -0.2) is 4.79 Å². The van der Waals surface area contributed by atoms with Crippen molar-refractivity contribution in [3.8, 4) is 0 Å². The first-order valence-corrected chi connectivity index (χ1v) is 7.27. The van der Waals surface area contributed by atoms with E-state index in [1.54, 1.807) is 4.90 Å². The molecule has 0 aromatic rings. The predicted octanol–water partition coefficient (Wildman–Crippen LogP) is 0.672. The molecule has 0 unspecified atom stereocenters. The average Bonchev–Trinajstić information content (AvgIpc) is 2.37. The first kappa shape index (κ1) is 17.2. The Bertz CT molecular complexity index is 330. The van der Waals surface area contributed by atoms with Crippen LogP contribution < -0.4 is 11.5 Å². The molecule has 20 heavy (non-hydrogen) atoms. The van der Waals surface area contributed by atoms with E-state index in [4.69, 9.17) is 16.2 Å². The van der Waals surface area contributed by atoms with Crippen molar-refractivity contribution >= 4 is 6.09 Å². The number of amides is 1. The molecule has 2 atom stereocenters. The Hall–Kier alpha value is -0.850. The summed E-state index contributed by atoms with van der Waals surface area (Å²) in [5, 5.41) is 9.80. The zero-order chi connectivity index (χ0) is 15.4. The molecule has 118 valence electrons. The van der Waals surface area contributed by atoms with E-state index in [1.165, 1.54) is 0 Å². The van der Waals surface area contributed by atoms with Gasteiger partial charge in [-0.05, 0) is 46.6 Å². The minimum atomic E-state index is -0.572. The summed E-state index contributed by atoms with van der Waals surface area (Å²) >= 11 is 0. The zero-order valence-corrected chi connectivity index (χ0v) is 12.9. The fraction of sp³-hybridized carbons (Fsp3) is 0.929. The number of ether oxygens (including phenoxy) is 1. The van der Waals surface area contributed by atoms with E-state index in [-0.39, 0.29) is 18.1 Å². The first-order chi connectivity index (χ1) is 9.21. The molecule has 1 aliphatic rings. The third kappa shape index (κ3) is 4.92. The highest BCUT2D eigenvalue weighted by Crippen LogP contribution is 2.34. The van der Waals surface area contributed by atoms with Crippen LogP contribution in [-0.4, -0.2) is 54.0 Å². The molecule has 0 radical (unpaired) electrons. The monoisotopic (exact) mass is 287 g/mol. The normalized spacial score (nSPS) is 25.4. The largest absolute Gasteiger partial charge is 0.444 e. The summed E-state index contributed by atoms with van der Waals surface area (Å²) in [7, 11) is 0. The molecule has 0 spiro atoms.